The number of phenolic OH excluding ortho intramolecular Hbond substituents is 1. The molecular formula is C27H19ClN2O4. The Morgan fingerprint density at radius 3 is 2.50 bits per heavy atom. The van der Waals surface area contributed by atoms with Crippen LogP contribution in [0.5, 0.6) is 17.2 Å². The highest BCUT2D eigenvalue weighted by Gasteiger charge is 2.21. The predicted molar refractivity (Wildman–Crippen MR) is 131 cm³/mol. The Kier molecular flexibility index (Phi) is 5.65. The van der Waals surface area contributed by atoms with Crippen molar-refractivity contribution in [1.82, 2.24) is 5.32 Å². The SMILES string of the molecule is O=C(NCc1ccc(-c2ccc(O)cc2)c(Cl)c1)c1ccc2c(c1)NC(=O)c1ccccc1O2. The lowest BCUT2D eigenvalue weighted by molar-refractivity contribution is 0.0949. The summed E-state index contributed by atoms with van der Waals surface area (Å²) >= 11 is 6.45. The zero-order chi connectivity index (χ0) is 23.7. The Balaban J connectivity index is 1.29. The van der Waals surface area contributed by atoms with Crippen molar-refractivity contribution in [2.45, 2.75) is 6.54 Å². The molecule has 168 valence electrons. The Bertz CT molecular complexity index is 1420. The molecule has 1 heterocycles. The van der Waals surface area contributed by atoms with Gasteiger partial charge in [0.15, 0.2) is 5.75 Å². The molecule has 1 aliphatic rings. The largest absolute Gasteiger partial charge is 0.508 e. The molecular weight excluding hydrogens is 452 g/mol. The summed E-state index contributed by atoms with van der Waals surface area (Å²) in [4.78, 5) is 25.3. The number of halogens is 1. The summed E-state index contributed by atoms with van der Waals surface area (Å²) in [5.74, 6) is 0.524. The van der Waals surface area contributed by atoms with Gasteiger partial charge in [-0.2, -0.15) is 0 Å². The van der Waals surface area contributed by atoms with Crippen LogP contribution in [-0.2, 0) is 6.54 Å². The molecule has 0 unspecified atom stereocenters. The summed E-state index contributed by atoms with van der Waals surface area (Å²) in [6.45, 7) is 0.278. The fourth-order valence-electron chi connectivity index (χ4n) is 3.74. The molecule has 4 aromatic carbocycles. The summed E-state index contributed by atoms with van der Waals surface area (Å²) in [5, 5.41) is 15.7. The number of rotatable bonds is 4. The molecule has 0 radical (unpaired) electrons. The molecule has 5 rings (SSSR count). The number of para-hydroxylation sites is 1. The molecule has 34 heavy (non-hydrogen) atoms. The summed E-state index contributed by atoms with van der Waals surface area (Å²) < 4.78 is 5.86. The summed E-state index contributed by atoms with van der Waals surface area (Å²) in [6.07, 6.45) is 0. The van der Waals surface area contributed by atoms with Crippen molar-refractivity contribution in [2.75, 3.05) is 5.32 Å². The van der Waals surface area contributed by atoms with Crippen LogP contribution in [0.4, 0.5) is 5.69 Å². The summed E-state index contributed by atoms with van der Waals surface area (Å²) in [6, 6.07) is 24.2. The lowest BCUT2D eigenvalue weighted by Crippen LogP contribution is -2.23. The number of amides is 2. The van der Waals surface area contributed by atoms with Gasteiger partial charge in [-0.1, -0.05) is 48.0 Å². The number of carbonyl (C=O) groups excluding carboxylic acids is 2. The second-order valence-corrected chi connectivity index (χ2v) is 8.21. The number of phenols is 1. The van der Waals surface area contributed by atoms with Crippen molar-refractivity contribution in [1.29, 1.82) is 0 Å². The molecule has 0 spiro atoms. The van der Waals surface area contributed by atoms with E-state index in [-0.39, 0.29) is 24.1 Å². The molecule has 6 nitrogen and oxygen atoms in total. The first-order valence-electron chi connectivity index (χ1n) is 10.6. The molecule has 0 saturated heterocycles. The van der Waals surface area contributed by atoms with Gasteiger partial charge in [0.1, 0.15) is 11.5 Å². The average Bonchev–Trinajstić information content (AvgIpc) is 2.98. The van der Waals surface area contributed by atoms with Crippen LogP contribution in [-0.4, -0.2) is 16.9 Å². The van der Waals surface area contributed by atoms with Crippen molar-refractivity contribution in [2.24, 2.45) is 0 Å². The van der Waals surface area contributed by atoms with Crippen molar-refractivity contribution in [3.63, 3.8) is 0 Å². The Morgan fingerprint density at radius 1 is 0.912 bits per heavy atom. The molecule has 2 amide bonds. The molecule has 0 bridgehead atoms. The molecule has 0 fully saturated rings. The van der Waals surface area contributed by atoms with Gasteiger partial charge in [0, 0.05) is 22.7 Å². The van der Waals surface area contributed by atoms with Crippen molar-refractivity contribution < 1.29 is 19.4 Å². The number of nitrogens with one attached hydrogen (secondary N) is 2. The van der Waals surface area contributed by atoms with Crippen molar-refractivity contribution in [3.05, 3.63) is 107 Å². The van der Waals surface area contributed by atoms with E-state index >= 15 is 0 Å². The molecule has 3 N–H and O–H groups in total. The smallest absolute Gasteiger partial charge is 0.259 e. The zero-order valence-corrected chi connectivity index (χ0v) is 18.6. The molecule has 0 aromatic heterocycles. The van der Waals surface area contributed by atoms with E-state index in [0.717, 1.165) is 16.7 Å². The average molecular weight is 471 g/mol. The van der Waals surface area contributed by atoms with Gasteiger partial charge in [0.05, 0.1) is 11.3 Å². The van der Waals surface area contributed by atoms with Crippen LogP contribution in [0.2, 0.25) is 5.02 Å². The number of aromatic hydroxyl groups is 1. The summed E-state index contributed by atoms with van der Waals surface area (Å²) in [5.41, 5.74) is 3.80. The zero-order valence-electron chi connectivity index (χ0n) is 17.8. The Hall–Kier alpha value is -4.29. The first-order valence-corrected chi connectivity index (χ1v) is 10.9. The Morgan fingerprint density at radius 2 is 1.71 bits per heavy atom. The number of hydrogen-bond donors (Lipinski definition) is 3. The molecule has 4 aromatic rings. The van der Waals surface area contributed by atoms with Crippen LogP contribution < -0.4 is 15.4 Å². The monoisotopic (exact) mass is 470 g/mol. The lowest BCUT2D eigenvalue weighted by atomic mass is 10.0. The third-order valence-corrected chi connectivity index (χ3v) is 5.82. The van der Waals surface area contributed by atoms with Gasteiger partial charge in [-0.15, -0.1) is 0 Å². The minimum atomic E-state index is -0.296. The highest BCUT2D eigenvalue weighted by Crippen LogP contribution is 2.36. The normalized spacial score (nSPS) is 12.0. The standard InChI is InChI=1S/C27H19ClN2O4/c28-22-13-16(5-11-20(22)17-6-9-19(31)10-7-17)15-29-26(32)18-8-12-25-23(14-18)30-27(33)21-3-1-2-4-24(21)34-25/h1-14,31H,15H2,(H,29,32)(H,30,33). The van der Waals surface area contributed by atoms with Crippen LogP contribution in [0.25, 0.3) is 11.1 Å². The molecule has 7 heteroatoms. The fourth-order valence-corrected chi connectivity index (χ4v) is 4.05. The number of carbonyl (C=O) groups is 2. The van der Waals surface area contributed by atoms with Gasteiger partial charge in [0.2, 0.25) is 0 Å². The summed E-state index contributed by atoms with van der Waals surface area (Å²) in [7, 11) is 0. The number of fused-ring (bicyclic) bond motifs is 2. The first kappa shape index (κ1) is 21.6. The van der Waals surface area contributed by atoms with Crippen LogP contribution in [0.3, 0.4) is 0 Å². The first-order chi connectivity index (χ1) is 16.5. The topological polar surface area (TPSA) is 87.7 Å². The maximum atomic E-state index is 12.8. The molecule has 0 atom stereocenters. The van der Waals surface area contributed by atoms with E-state index in [9.17, 15) is 14.7 Å². The second-order valence-electron chi connectivity index (χ2n) is 7.81. The second kappa shape index (κ2) is 8.92. The van der Waals surface area contributed by atoms with Gasteiger partial charge in [-0.25, -0.2) is 0 Å². The van der Waals surface area contributed by atoms with Crippen LogP contribution >= 0.6 is 11.6 Å². The van der Waals surface area contributed by atoms with Crippen LogP contribution in [0.1, 0.15) is 26.3 Å². The maximum Gasteiger partial charge on any atom is 0.259 e. The Labute approximate surface area is 200 Å². The highest BCUT2D eigenvalue weighted by molar-refractivity contribution is 6.33. The van der Waals surface area contributed by atoms with E-state index in [1.807, 2.05) is 12.1 Å². The number of ether oxygens (including phenoxy) is 1. The number of hydrogen-bond acceptors (Lipinski definition) is 4. The lowest BCUT2D eigenvalue weighted by Gasteiger charge is -2.11. The number of benzene rings is 4. The van der Waals surface area contributed by atoms with Gasteiger partial charge in [-0.3, -0.25) is 9.59 Å². The van der Waals surface area contributed by atoms with E-state index in [1.165, 1.54) is 0 Å². The van der Waals surface area contributed by atoms with Crippen molar-refractivity contribution >= 4 is 29.1 Å². The maximum absolute atomic E-state index is 12.8. The number of anilines is 1. The van der Waals surface area contributed by atoms with Gasteiger partial charge in [-0.05, 0) is 59.7 Å². The van der Waals surface area contributed by atoms with E-state index in [4.69, 9.17) is 16.3 Å². The third kappa shape index (κ3) is 4.31. The molecule has 0 aliphatic carbocycles. The minimum absolute atomic E-state index is 0.188. The van der Waals surface area contributed by atoms with Crippen LogP contribution in [0.15, 0.2) is 84.9 Å². The van der Waals surface area contributed by atoms with Crippen molar-refractivity contribution in [3.8, 4) is 28.4 Å². The third-order valence-electron chi connectivity index (χ3n) is 5.51. The predicted octanol–water partition coefficient (Wildman–Crippen LogP) is 6.00. The quantitative estimate of drug-likeness (QED) is 0.341. The fraction of sp³-hybridized carbons (Fsp3) is 0.0370. The van der Waals surface area contributed by atoms with Gasteiger partial charge >= 0.3 is 0 Å². The molecule has 0 saturated carbocycles. The van der Waals surface area contributed by atoms with E-state index in [0.29, 0.717) is 33.3 Å². The van der Waals surface area contributed by atoms with E-state index in [2.05, 4.69) is 10.6 Å². The van der Waals surface area contributed by atoms with Gasteiger partial charge < -0.3 is 20.5 Å². The van der Waals surface area contributed by atoms with E-state index < -0.39 is 0 Å². The molecule has 1 aliphatic heterocycles. The van der Waals surface area contributed by atoms with Gasteiger partial charge in [0.25, 0.3) is 11.8 Å². The highest BCUT2D eigenvalue weighted by atomic mass is 35.5. The minimum Gasteiger partial charge on any atom is -0.508 e. The van der Waals surface area contributed by atoms with Crippen LogP contribution in [0, 0.1) is 0 Å². The van der Waals surface area contributed by atoms with E-state index in [1.54, 1.807) is 72.8 Å².